The Bertz CT molecular complexity index is 277. The maximum atomic E-state index is 5.60. The minimum atomic E-state index is 0.313. The molecule has 2 N–H and O–H groups in total. The van der Waals surface area contributed by atoms with Crippen LogP contribution in [0.3, 0.4) is 0 Å². The lowest BCUT2D eigenvalue weighted by Gasteiger charge is -2.24. The van der Waals surface area contributed by atoms with Crippen LogP contribution in [0.15, 0.2) is 4.99 Å². The monoisotopic (exact) mass is 284 g/mol. The molecule has 5 nitrogen and oxygen atoms in total. The molecule has 1 saturated heterocycles. The molecule has 118 valence electrons. The van der Waals surface area contributed by atoms with Gasteiger partial charge in [0, 0.05) is 32.3 Å². The van der Waals surface area contributed by atoms with E-state index < -0.39 is 0 Å². The fourth-order valence-corrected chi connectivity index (χ4v) is 2.21. The zero-order valence-corrected chi connectivity index (χ0v) is 13.6. The van der Waals surface area contributed by atoms with Crippen LogP contribution in [0.4, 0.5) is 0 Å². The molecule has 1 fully saturated rings. The number of nitrogens with one attached hydrogen (secondary N) is 2. The van der Waals surface area contributed by atoms with Gasteiger partial charge in [-0.05, 0) is 40.2 Å². The molecule has 1 aliphatic heterocycles. The SMILES string of the molecule is CCNC(=NCC1CCCO1)NCCN(C)C(C)CC. The first kappa shape index (κ1) is 17.2. The molecule has 0 bridgehead atoms. The molecule has 1 aliphatic rings. The number of aliphatic imine (C=N–C) groups is 1. The van der Waals surface area contributed by atoms with Crippen LogP contribution >= 0.6 is 0 Å². The number of likely N-dealkylation sites (N-methyl/N-ethyl adjacent to an activating group) is 1. The van der Waals surface area contributed by atoms with Crippen LogP contribution in [0.1, 0.15) is 40.0 Å². The van der Waals surface area contributed by atoms with Crippen LogP contribution < -0.4 is 10.6 Å². The second-order valence-corrected chi connectivity index (χ2v) is 5.52. The van der Waals surface area contributed by atoms with E-state index in [1.807, 2.05) is 0 Å². The lowest BCUT2D eigenvalue weighted by molar-refractivity contribution is 0.117. The number of guanidine groups is 1. The van der Waals surface area contributed by atoms with Crippen molar-refractivity contribution in [2.75, 3.05) is 39.8 Å². The van der Waals surface area contributed by atoms with Crippen LogP contribution in [-0.2, 0) is 4.74 Å². The Morgan fingerprint density at radius 3 is 2.80 bits per heavy atom. The molecule has 0 aromatic rings. The third kappa shape index (κ3) is 6.57. The lowest BCUT2D eigenvalue weighted by Crippen LogP contribution is -2.42. The van der Waals surface area contributed by atoms with Gasteiger partial charge in [0.2, 0.25) is 0 Å². The molecule has 1 rings (SSSR count). The van der Waals surface area contributed by atoms with E-state index in [1.165, 1.54) is 12.8 Å². The molecule has 5 heteroatoms. The number of hydrogen-bond acceptors (Lipinski definition) is 3. The van der Waals surface area contributed by atoms with Gasteiger partial charge >= 0.3 is 0 Å². The van der Waals surface area contributed by atoms with Crippen molar-refractivity contribution in [3.05, 3.63) is 0 Å². The van der Waals surface area contributed by atoms with Crippen molar-refractivity contribution in [1.29, 1.82) is 0 Å². The van der Waals surface area contributed by atoms with Gasteiger partial charge in [0.1, 0.15) is 0 Å². The van der Waals surface area contributed by atoms with E-state index in [4.69, 9.17) is 4.74 Å². The van der Waals surface area contributed by atoms with Crippen LogP contribution in [0, 0.1) is 0 Å². The summed E-state index contributed by atoms with van der Waals surface area (Å²) in [6.45, 7) is 11.1. The van der Waals surface area contributed by atoms with Gasteiger partial charge in [-0.15, -0.1) is 0 Å². The fraction of sp³-hybridized carbons (Fsp3) is 0.933. The Morgan fingerprint density at radius 1 is 1.40 bits per heavy atom. The molecular weight excluding hydrogens is 252 g/mol. The van der Waals surface area contributed by atoms with Crippen LogP contribution in [0.5, 0.6) is 0 Å². The summed E-state index contributed by atoms with van der Waals surface area (Å²) in [5, 5.41) is 6.68. The Hall–Kier alpha value is -0.810. The van der Waals surface area contributed by atoms with E-state index in [2.05, 4.69) is 48.3 Å². The second-order valence-electron chi connectivity index (χ2n) is 5.52. The highest BCUT2D eigenvalue weighted by atomic mass is 16.5. The molecule has 0 aromatic carbocycles. The highest BCUT2D eigenvalue weighted by Gasteiger charge is 2.14. The van der Waals surface area contributed by atoms with Crippen LogP contribution in [0.25, 0.3) is 0 Å². The van der Waals surface area contributed by atoms with Gasteiger partial charge in [0.05, 0.1) is 12.6 Å². The number of rotatable bonds is 8. The summed E-state index contributed by atoms with van der Waals surface area (Å²) in [7, 11) is 2.17. The fourth-order valence-electron chi connectivity index (χ4n) is 2.21. The molecule has 0 spiro atoms. The van der Waals surface area contributed by atoms with E-state index in [0.717, 1.165) is 45.2 Å². The van der Waals surface area contributed by atoms with E-state index in [-0.39, 0.29) is 0 Å². The van der Waals surface area contributed by atoms with Gasteiger partial charge < -0.3 is 20.3 Å². The van der Waals surface area contributed by atoms with Crippen molar-refractivity contribution in [2.45, 2.75) is 52.2 Å². The molecule has 2 unspecified atom stereocenters. The topological polar surface area (TPSA) is 48.9 Å². The molecular formula is C15H32N4O. The first-order chi connectivity index (χ1) is 9.67. The van der Waals surface area contributed by atoms with Crippen molar-refractivity contribution >= 4 is 5.96 Å². The molecule has 0 aromatic heterocycles. The third-order valence-electron chi connectivity index (χ3n) is 3.92. The second kappa shape index (κ2) is 10.00. The first-order valence-electron chi connectivity index (χ1n) is 8.01. The summed E-state index contributed by atoms with van der Waals surface area (Å²) in [5.74, 6) is 0.903. The minimum absolute atomic E-state index is 0.313. The van der Waals surface area contributed by atoms with Crippen molar-refractivity contribution in [3.63, 3.8) is 0 Å². The van der Waals surface area contributed by atoms with Gasteiger partial charge in [0.25, 0.3) is 0 Å². The van der Waals surface area contributed by atoms with Crippen molar-refractivity contribution < 1.29 is 4.74 Å². The quantitative estimate of drug-likeness (QED) is 0.523. The average molecular weight is 284 g/mol. The summed E-state index contributed by atoms with van der Waals surface area (Å²) in [6.07, 6.45) is 3.81. The van der Waals surface area contributed by atoms with Gasteiger partial charge in [-0.1, -0.05) is 6.92 Å². The predicted molar refractivity (Wildman–Crippen MR) is 85.3 cm³/mol. The molecule has 0 amide bonds. The molecule has 0 saturated carbocycles. The first-order valence-corrected chi connectivity index (χ1v) is 8.01. The molecule has 0 radical (unpaired) electrons. The average Bonchev–Trinajstić information content (AvgIpc) is 2.96. The molecule has 0 aliphatic carbocycles. The van der Waals surface area contributed by atoms with E-state index >= 15 is 0 Å². The Kier molecular flexibility index (Phi) is 8.62. The molecule has 1 heterocycles. The summed E-state index contributed by atoms with van der Waals surface area (Å²) >= 11 is 0. The maximum absolute atomic E-state index is 5.60. The zero-order chi connectivity index (χ0) is 14.8. The summed E-state index contributed by atoms with van der Waals surface area (Å²) in [4.78, 5) is 6.98. The van der Waals surface area contributed by atoms with Crippen molar-refractivity contribution in [3.8, 4) is 0 Å². The normalized spacial score (nSPS) is 21.2. The van der Waals surface area contributed by atoms with Gasteiger partial charge in [-0.2, -0.15) is 0 Å². The Labute approximate surface area is 124 Å². The van der Waals surface area contributed by atoms with E-state index in [0.29, 0.717) is 12.1 Å². The highest BCUT2D eigenvalue weighted by Crippen LogP contribution is 2.11. The highest BCUT2D eigenvalue weighted by molar-refractivity contribution is 5.79. The Balaban J connectivity index is 2.28. The minimum Gasteiger partial charge on any atom is -0.376 e. The molecule has 2 atom stereocenters. The van der Waals surface area contributed by atoms with Gasteiger partial charge in [0.15, 0.2) is 5.96 Å². The van der Waals surface area contributed by atoms with E-state index in [9.17, 15) is 0 Å². The summed E-state index contributed by atoms with van der Waals surface area (Å²) in [5.41, 5.74) is 0. The third-order valence-corrected chi connectivity index (χ3v) is 3.92. The predicted octanol–water partition coefficient (Wildman–Crippen LogP) is 1.45. The van der Waals surface area contributed by atoms with Crippen molar-refractivity contribution in [1.82, 2.24) is 15.5 Å². The standard InChI is InChI=1S/C15H32N4O/c1-5-13(3)19(4)10-9-17-15(16-6-2)18-12-14-8-7-11-20-14/h13-14H,5-12H2,1-4H3,(H2,16,17,18). The summed E-state index contributed by atoms with van der Waals surface area (Å²) in [6, 6.07) is 0.628. The van der Waals surface area contributed by atoms with Crippen molar-refractivity contribution in [2.24, 2.45) is 4.99 Å². The smallest absolute Gasteiger partial charge is 0.191 e. The Morgan fingerprint density at radius 2 is 2.20 bits per heavy atom. The molecule has 20 heavy (non-hydrogen) atoms. The van der Waals surface area contributed by atoms with Crippen LogP contribution in [0.2, 0.25) is 0 Å². The van der Waals surface area contributed by atoms with Gasteiger partial charge in [-0.25, -0.2) is 0 Å². The summed E-state index contributed by atoms with van der Waals surface area (Å²) < 4.78 is 5.60. The van der Waals surface area contributed by atoms with Crippen LogP contribution in [-0.4, -0.2) is 62.8 Å². The number of hydrogen-bond donors (Lipinski definition) is 2. The van der Waals surface area contributed by atoms with Gasteiger partial charge in [-0.3, -0.25) is 4.99 Å². The maximum Gasteiger partial charge on any atom is 0.191 e. The largest absolute Gasteiger partial charge is 0.376 e. The lowest BCUT2D eigenvalue weighted by atomic mass is 10.2. The number of ether oxygens (including phenoxy) is 1. The zero-order valence-electron chi connectivity index (χ0n) is 13.6. The van der Waals surface area contributed by atoms with E-state index in [1.54, 1.807) is 0 Å². The number of nitrogens with zero attached hydrogens (tertiary/aromatic N) is 2.